The second-order valence-corrected chi connectivity index (χ2v) is 3.73. The maximum atomic E-state index is 5.38. The monoisotopic (exact) mass is 229 g/mol. The topological polar surface area (TPSA) is 76.7 Å². The Hall–Kier alpha value is -2.01. The number of nitrogens with zero attached hydrogens (tertiary/aromatic N) is 3. The summed E-state index contributed by atoms with van der Waals surface area (Å²) in [7, 11) is 0. The van der Waals surface area contributed by atoms with Gasteiger partial charge in [0, 0.05) is 18.0 Å². The molecule has 0 saturated carbocycles. The molecule has 0 fully saturated rings. The van der Waals surface area contributed by atoms with E-state index in [0.29, 0.717) is 11.6 Å². The molecule has 2 rings (SSSR count). The lowest BCUT2D eigenvalue weighted by Gasteiger charge is -2.07. The molecule has 5 nitrogen and oxygen atoms in total. The van der Waals surface area contributed by atoms with E-state index in [1.54, 1.807) is 12.3 Å². The molecule has 0 aliphatic heterocycles. The van der Waals surface area contributed by atoms with E-state index in [9.17, 15) is 0 Å². The van der Waals surface area contributed by atoms with Gasteiger partial charge >= 0.3 is 0 Å². The summed E-state index contributed by atoms with van der Waals surface area (Å²) in [6.07, 6.45) is 2.64. The van der Waals surface area contributed by atoms with Gasteiger partial charge in [0.05, 0.1) is 0 Å². The molecule has 0 spiro atoms. The summed E-state index contributed by atoms with van der Waals surface area (Å²) < 4.78 is 0. The van der Waals surface area contributed by atoms with Crippen LogP contribution in [0.1, 0.15) is 18.2 Å². The van der Waals surface area contributed by atoms with Gasteiger partial charge in [-0.25, -0.2) is 15.8 Å². The number of nitrogens with two attached hydrogens (primary N) is 1. The summed E-state index contributed by atoms with van der Waals surface area (Å²) in [5.74, 6) is 6.58. The molecular weight excluding hydrogens is 214 g/mol. The van der Waals surface area contributed by atoms with Crippen molar-refractivity contribution in [3.8, 4) is 11.5 Å². The number of pyridine rings is 1. The van der Waals surface area contributed by atoms with Gasteiger partial charge in [0.2, 0.25) is 0 Å². The standard InChI is InChI=1S/C12H15N5/c1-3-9-5-4-6-14-11(9)12-15-8(2)7-10(16-12)17-13/h4-7H,3,13H2,1-2H3,(H,15,16,17). The van der Waals surface area contributed by atoms with Crippen molar-refractivity contribution in [2.24, 2.45) is 5.84 Å². The van der Waals surface area contributed by atoms with Crippen LogP contribution in [0.25, 0.3) is 11.5 Å². The van der Waals surface area contributed by atoms with Crippen molar-refractivity contribution in [1.82, 2.24) is 15.0 Å². The molecule has 5 heteroatoms. The highest BCUT2D eigenvalue weighted by Gasteiger charge is 2.09. The van der Waals surface area contributed by atoms with Gasteiger partial charge in [0.25, 0.3) is 0 Å². The predicted molar refractivity (Wildman–Crippen MR) is 67.2 cm³/mol. The number of rotatable bonds is 3. The number of hydrogen-bond acceptors (Lipinski definition) is 5. The van der Waals surface area contributed by atoms with Gasteiger partial charge in [-0.1, -0.05) is 13.0 Å². The van der Waals surface area contributed by atoms with Crippen LogP contribution in [0.2, 0.25) is 0 Å². The maximum Gasteiger partial charge on any atom is 0.180 e. The summed E-state index contributed by atoms with van der Waals surface area (Å²) in [6.45, 7) is 3.99. The van der Waals surface area contributed by atoms with Gasteiger partial charge in [-0.15, -0.1) is 0 Å². The van der Waals surface area contributed by atoms with E-state index in [4.69, 9.17) is 5.84 Å². The summed E-state index contributed by atoms with van der Waals surface area (Å²) in [4.78, 5) is 13.1. The Morgan fingerprint density at radius 2 is 2.18 bits per heavy atom. The smallest absolute Gasteiger partial charge is 0.180 e. The largest absolute Gasteiger partial charge is 0.308 e. The third kappa shape index (κ3) is 2.39. The normalized spacial score (nSPS) is 10.3. The highest BCUT2D eigenvalue weighted by atomic mass is 15.3. The van der Waals surface area contributed by atoms with Gasteiger partial charge in [-0.05, 0) is 25.0 Å². The summed E-state index contributed by atoms with van der Waals surface area (Å²) in [6, 6.07) is 5.74. The molecule has 2 aromatic rings. The van der Waals surface area contributed by atoms with Crippen LogP contribution in [0.15, 0.2) is 24.4 Å². The van der Waals surface area contributed by atoms with Gasteiger partial charge in [0.1, 0.15) is 11.5 Å². The molecular formula is C12H15N5. The van der Waals surface area contributed by atoms with Crippen molar-refractivity contribution < 1.29 is 0 Å². The first kappa shape index (κ1) is 11.5. The van der Waals surface area contributed by atoms with Crippen LogP contribution in [0.4, 0.5) is 5.82 Å². The zero-order valence-electron chi connectivity index (χ0n) is 9.94. The highest BCUT2D eigenvalue weighted by Crippen LogP contribution is 2.19. The Kier molecular flexibility index (Phi) is 3.30. The van der Waals surface area contributed by atoms with Crippen molar-refractivity contribution in [1.29, 1.82) is 0 Å². The molecule has 0 aliphatic rings. The van der Waals surface area contributed by atoms with Crippen molar-refractivity contribution >= 4 is 5.82 Å². The molecule has 0 amide bonds. The molecule has 88 valence electrons. The van der Waals surface area contributed by atoms with Crippen LogP contribution in [-0.4, -0.2) is 15.0 Å². The van der Waals surface area contributed by atoms with E-state index in [1.165, 1.54) is 0 Å². The van der Waals surface area contributed by atoms with Crippen molar-refractivity contribution in [2.45, 2.75) is 20.3 Å². The van der Waals surface area contributed by atoms with Crippen LogP contribution in [0, 0.1) is 6.92 Å². The van der Waals surface area contributed by atoms with E-state index < -0.39 is 0 Å². The average molecular weight is 229 g/mol. The van der Waals surface area contributed by atoms with Crippen molar-refractivity contribution in [3.63, 3.8) is 0 Å². The van der Waals surface area contributed by atoms with Crippen LogP contribution >= 0.6 is 0 Å². The Morgan fingerprint density at radius 3 is 2.88 bits per heavy atom. The summed E-state index contributed by atoms with van der Waals surface area (Å²) in [5, 5.41) is 0. The predicted octanol–water partition coefficient (Wildman–Crippen LogP) is 1.70. The lowest BCUT2D eigenvalue weighted by molar-refractivity contribution is 1.04. The van der Waals surface area contributed by atoms with E-state index in [0.717, 1.165) is 23.4 Å². The molecule has 3 N–H and O–H groups in total. The lowest BCUT2D eigenvalue weighted by Crippen LogP contribution is -2.10. The minimum absolute atomic E-state index is 0.597. The van der Waals surface area contributed by atoms with Gasteiger partial charge in [-0.3, -0.25) is 4.98 Å². The third-order valence-electron chi connectivity index (χ3n) is 2.49. The number of anilines is 1. The number of aryl methyl sites for hydroxylation is 2. The van der Waals surface area contributed by atoms with E-state index in [2.05, 4.69) is 27.3 Å². The van der Waals surface area contributed by atoms with Gasteiger partial charge in [-0.2, -0.15) is 0 Å². The van der Waals surface area contributed by atoms with E-state index >= 15 is 0 Å². The average Bonchev–Trinajstić information content (AvgIpc) is 2.37. The Bertz CT molecular complexity index is 524. The fourth-order valence-corrected chi connectivity index (χ4v) is 1.67. The van der Waals surface area contributed by atoms with Crippen LogP contribution in [0.5, 0.6) is 0 Å². The first-order valence-corrected chi connectivity index (χ1v) is 5.51. The molecule has 0 radical (unpaired) electrons. The highest BCUT2D eigenvalue weighted by molar-refractivity contribution is 5.57. The van der Waals surface area contributed by atoms with Crippen LogP contribution < -0.4 is 11.3 Å². The molecule has 17 heavy (non-hydrogen) atoms. The fraction of sp³-hybridized carbons (Fsp3) is 0.250. The van der Waals surface area contributed by atoms with Gasteiger partial charge in [0.15, 0.2) is 5.82 Å². The Labute approximate surface area is 100 Å². The van der Waals surface area contributed by atoms with Crippen LogP contribution in [0.3, 0.4) is 0 Å². The fourth-order valence-electron chi connectivity index (χ4n) is 1.67. The van der Waals surface area contributed by atoms with Gasteiger partial charge < -0.3 is 5.43 Å². The van der Waals surface area contributed by atoms with Crippen LogP contribution in [-0.2, 0) is 6.42 Å². The number of nitrogens with one attached hydrogen (secondary N) is 1. The van der Waals surface area contributed by atoms with Crippen molar-refractivity contribution in [3.05, 3.63) is 35.7 Å². The zero-order chi connectivity index (χ0) is 12.3. The third-order valence-corrected chi connectivity index (χ3v) is 2.49. The molecule has 0 bridgehead atoms. The number of nitrogen functional groups attached to an aromatic ring is 1. The number of hydrogen-bond donors (Lipinski definition) is 2. The minimum atomic E-state index is 0.597. The first-order valence-electron chi connectivity index (χ1n) is 5.51. The van der Waals surface area contributed by atoms with E-state index in [1.807, 2.05) is 19.1 Å². The molecule has 0 saturated heterocycles. The summed E-state index contributed by atoms with van der Waals surface area (Å²) in [5.41, 5.74) is 5.33. The lowest BCUT2D eigenvalue weighted by atomic mass is 10.1. The van der Waals surface area contributed by atoms with E-state index in [-0.39, 0.29) is 0 Å². The second kappa shape index (κ2) is 4.88. The molecule has 2 aromatic heterocycles. The molecule has 0 unspecified atom stereocenters. The molecule has 0 atom stereocenters. The van der Waals surface area contributed by atoms with Crippen molar-refractivity contribution in [2.75, 3.05) is 5.43 Å². The summed E-state index contributed by atoms with van der Waals surface area (Å²) >= 11 is 0. The quantitative estimate of drug-likeness (QED) is 0.618. The first-order chi connectivity index (χ1) is 8.24. The minimum Gasteiger partial charge on any atom is -0.308 e. The molecule has 0 aromatic carbocycles. The SMILES string of the molecule is CCc1cccnc1-c1nc(C)cc(NN)n1. The molecule has 0 aliphatic carbocycles. The number of aromatic nitrogens is 3. The Balaban J connectivity index is 2.55. The molecule has 2 heterocycles. The zero-order valence-corrected chi connectivity index (χ0v) is 9.94. The Morgan fingerprint density at radius 1 is 1.35 bits per heavy atom. The number of hydrazine groups is 1. The maximum absolute atomic E-state index is 5.38. The second-order valence-electron chi connectivity index (χ2n) is 3.73.